The minimum atomic E-state index is -1.07. The van der Waals surface area contributed by atoms with Crippen molar-refractivity contribution >= 4 is 5.91 Å². The molecular weight excluding hydrogens is 212 g/mol. The Labute approximate surface area is 92.9 Å². The number of aryl methyl sites for hydroxylation is 1. The molecule has 4 N–H and O–H groups in total. The number of hydrogen-bond acceptors (Lipinski definition) is 5. The third-order valence-corrected chi connectivity index (χ3v) is 2.18. The molecule has 0 atom stereocenters. The molecule has 0 bridgehead atoms. The van der Waals surface area contributed by atoms with Crippen molar-refractivity contribution in [1.29, 1.82) is 0 Å². The fraction of sp³-hybridized carbons (Fsp3) is 0.667. The molecule has 0 fully saturated rings. The van der Waals surface area contributed by atoms with E-state index < -0.39 is 11.4 Å². The van der Waals surface area contributed by atoms with Crippen molar-refractivity contribution in [2.45, 2.75) is 25.8 Å². The molecule has 0 saturated heterocycles. The van der Waals surface area contributed by atoms with Gasteiger partial charge in [0.1, 0.15) is 5.82 Å². The fourth-order valence-corrected chi connectivity index (χ4v) is 1.01. The van der Waals surface area contributed by atoms with E-state index in [9.17, 15) is 4.79 Å². The van der Waals surface area contributed by atoms with E-state index in [1.165, 1.54) is 6.92 Å². The highest BCUT2D eigenvalue weighted by molar-refractivity contribution is 5.90. The minimum absolute atomic E-state index is 0.00461. The maximum absolute atomic E-state index is 11.6. The Morgan fingerprint density at radius 1 is 1.50 bits per heavy atom. The summed E-state index contributed by atoms with van der Waals surface area (Å²) in [5.41, 5.74) is -1.07. The van der Waals surface area contributed by atoms with Gasteiger partial charge < -0.3 is 15.5 Å². The summed E-state index contributed by atoms with van der Waals surface area (Å²) in [4.78, 5) is 15.6. The minimum Gasteiger partial charge on any atom is -0.394 e. The van der Waals surface area contributed by atoms with E-state index in [1.54, 1.807) is 0 Å². The number of amides is 1. The third kappa shape index (κ3) is 2.77. The summed E-state index contributed by atoms with van der Waals surface area (Å²) >= 11 is 0. The lowest BCUT2D eigenvalue weighted by Gasteiger charge is -2.25. The lowest BCUT2D eigenvalue weighted by atomic mass is 10.1. The highest BCUT2D eigenvalue weighted by Gasteiger charge is 2.26. The first-order chi connectivity index (χ1) is 7.54. The first-order valence-corrected chi connectivity index (χ1v) is 5.00. The number of hydrogen-bond donors (Lipinski definition) is 4. The number of aromatic nitrogens is 3. The van der Waals surface area contributed by atoms with E-state index in [0.717, 1.165) is 0 Å². The number of H-pyrrole nitrogens is 1. The smallest absolute Gasteiger partial charge is 0.291 e. The number of carbonyl (C=O) groups is 1. The molecule has 0 aliphatic heterocycles. The van der Waals surface area contributed by atoms with Gasteiger partial charge in [0.25, 0.3) is 5.91 Å². The Balaban J connectivity index is 2.71. The van der Waals surface area contributed by atoms with Gasteiger partial charge in [0.2, 0.25) is 5.82 Å². The topological polar surface area (TPSA) is 111 Å². The number of aromatic amines is 1. The lowest BCUT2D eigenvalue weighted by Crippen LogP contribution is -2.52. The zero-order chi connectivity index (χ0) is 12.2. The van der Waals surface area contributed by atoms with Crippen LogP contribution in [-0.2, 0) is 6.42 Å². The maximum Gasteiger partial charge on any atom is 0.291 e. The van der Waals surface area contributed by atoms with E-state index in [0.29, 0.717) is 12.2 Å². The number of rotatable bonds is 5. The summed E-state index contributed by atoms with van der Waals surface area (Å²) in [6, 6.07) is 0. The number of aliphatic hydroxyl groups is 2. The molecule has 1 heterocycles. The van der Waals surface area contributed by atoms with Crippen LogP contribution in [0.3, 0.4) is 0 Å². The molecule has 1 aromatic rings. The van der Waals surface area contributed by atoms with Crippen molar-refractivity contribution in [1.82, 2.24) is 20.5 Å². The van der Waals surface area contributed by atoms with Crippen LogP contribution in [0.25, 0.3) is 0 Å². The summed E-state index contributed by atoms with van der Waals surface area (Å²) in [5.74, 6) is 0.0892. The summed E-state index contributed by atoms with van der Waals surface area (Å²) in [7, 11) is 0. The van der Waals surface area contributed by atoms with Gasteiger partial charge in [-0.2, -0.15) is 0 Å². The molecule has 0 aliphatic rings. The molecule has 1 aromatic heterocycles. The van der Waals surface area contributed by atoms with Crippen molar-refractivity contribution in [3.8, 4) is 0 Å². The molecule has 0 saturated carbocycles. The summed E-state index contributed by atoms with van der Waals surface area (Å²) in [5, 5.41) is 26.8. The molecule has 16 heavy (non-hydrogen) atoms. The van der Waals surface area contributed by atoms with Gasteiger partial charge in [-0.3, -0.25) is 9.89 Å². The second kappa shape index (κ2) is 5.04. The van der Waals surface area contributed by atoms with E-state index in [4.69, 9.17) is 10.2 Å². The Kier molecular flexibility index (Phi) is 3.97. The van der Waals surface area contributed by atoms with Crippen LogP contribution < -0.4 is 5.32 Å². The Morgan fingerprint density at radius 2 is 2.12 bits per heavy atom. The predicted molar refractivity (Wildman–Crippen MR) is 55.8 cm³/mol. The van der Waals surface area contributed by atoms with Gasteiger partial charge in [0.15, 0.2) is 0 Å². The van der Waals surface area contributed by atoms with Crippen LogP contribution in [0.4, 0.5) is 0 Å². The van der Waals surface area contributed by atoms with Crippen LogP contribution in [0.5, 0.6) is 0 Å². The molecule has 7 heteroatoms. The standard InChI is InChI=1S/C9H16N4O3/c1-3-6-10-7(13-12-6)8(16)11-9(2,4-14)5-15/h14-15H,3-5H2,1-2H3,(H,11,16)(H,10,12,13). The Hall–Kier alpha value is -1.47. The molecule has 1 rings (SSSR count). The Morgan fingerprint density at radius 3 is 2.56 bits per heavy atom. The second-order valence-corrected chi connectivity index (χ2v) is 3.79. The molecule has 0 unspecified atom stereocenters. The van der Waals surface area contributed by atoms with E-state index >= 15 is 0 Å². The van der Waals surface area contributed by atoms with E-state index in [1.807, 2.05) is 6.92 Å². The third-order valence-electron chi connectivity index (χ3n) is 2.18. The molecule has 0 aliphatic carbocycles. The molecule has 0 radical (unpaired) electrons. The van der Waals surface area contributed by atoms with Gasteiger partial charge in [-0.25, -0.2) is 4.98 Å². The van der Waals surface area contributed by atoms with Crippen molar-refractivity contribution in [3.05, 3.63) is 11.6 Å². The van der Waals surface area contributed by atoms with Crippen molar-refractivity contribution < 1.29 is 15.0 Å². The zero-order valence-corrected chi connectivity index (χ0v) is 9.32. The van der Waals surface area contributed by atoms with Crippen molar-refractivity contribution in [2.75, 3.05) is 13.2 Å². The van der Waals surface area contributed by atoms with Gasteiger partial charge in [-0.1, -0.05) is 6.92 Å². The van der Waals surface area contributed by atoms with Crippen molar-refractivity contribution in [3.63, 3.8) is 0 Å². The van der Waals surface area contributed by atoms with Gasteiger partial charge in [0, 0.05) is 6.42 Å². The van der Waals surface area contributed by atoms with Gasteiger partial charge in [-0.15, -0.1) is 5.10 Å². The molecular formula is C9H16N4O3. The summed E-state index contributed by atoms with van der Waals surface area (Å²) in [6.07, 6.45) is 0.650. The first kappa shape index (κ1) is 12.6. The average molecular weight is 228 g/mol. The second-order valence-electron chi connectivity index (χ2n) is 3.79. The summed E-state index contributed by atoms with van der Waals surface area (Å²) in [6.45, 7) is 2.69. The monoisotopic (exact) mass is 228 g/mol. The average Bonchev–Trinajstić information content (AvgIpc) is 2.77. The lowest BCUT2D eigenvalue weighted by molar-refractivity contribution is 0.0715. The normalized spacial score (nSPS) is 11.5. The predicted octanol–water partition coefficient (Wildman–Crippen LogP) is -1.16. The Bertz CT molecular complexity index is 359. The summed E-state index contributed by atoms with van der Waals surface area (Å²) < 4.78 is 0. The van der Waals surface area contributed by atoms with E-state index in [2.05, 4.69) is 20.5 Å². The molecule has 0 aromatic carbocycles. The van der Waals surface area contributed by atoms with Crippen LogP contribution in [-0.4, -0.2) is 50.1 Å². The quantitative estimate of drug-likeness (QED) is 0.508. The van der Waals surface area contributed by atoms with Crippen LogP contribution >= 0.6 is 0 Å². The number of nitrogens with one attached hydrogen (secondary N) is 2. The van der Waals surface area contributed by atoms with E-state index in [-0.39, 0.29) is 19.0 Å². The van der Waals surface area contributed by atoms with Crippen LogP contribution in [0.2, 0.25) is 0 Å². The van der Waals surface area contributed by atoms with Gasteiger partial charge in [0.05, 0.1) is 18.8 Å². The van der Waals surface area contributed by atoms with Gasteiger partial charge >= 0.3 is 0 Å². The largest absolute Gasteiger partial charge is 0.394 e. The maximum atomic E-state index is 11.6. The number of aliphatic hydroxyl groups excluding tert-OH is 2. The number of nitrogens with zero attached hydrogens (tertiary/aromatic N) is 2. The highest BCUT2D eigenvalue weighted by Crippen LogP contribution is 2.02. The SMILES string of the molecule is CCc1nc(C(=O)NC(C)(CO)CO)n[nH]1. The first-order valence-electron chi connectivity index (χ1n) is 5.00. The van der Waals surface area contributed by atoms with Crippen LogP contribution in [0.15, 0.2) is 0 Å². The highest BCUT2D eigenvalue weighted by atomic mass is 16.3. The fourth-order valence-electron chi connectivity index (χ4n) is 1.01. The van der Waals surface area contributed by atoms with Crippen LogP contribution in [0, 0.1) is 0 Å². The molecule has 7 nitrogen and oxygen atoms in total. The molecule has 90 valence electrons. The van der Waals surface area contributed by atoms with Crippen LogP contribution in [0.1, 0.15) is 30.3 Å². The molecule has 1 amide bonds. The van der Waals surface area contributed by atoms with Crippen molar-refractivity contribution in [2.24, 2.45) is 0 Å². The number of carbonyl (C=O) groups excluding carboxylic acids is 1. The van der Waals surface area contributed by atoms with Gasteiger partial charge in [-0.05, 0) is 6.92 Å². The zero-order valence-electron chi connectivity index (χ0n) is 9.32. The molecule has 0 spiro atoms.